The third-order valence-corrected chi connectivity index (χ3v) is 6.02. The van der Waals surface area contributed by atoms with Gasteiger partial charge >= 0.3 is 0 Å². The molecule has 1 aromatic heterocycles. The van der Waals surface area contributed by atoms with E-state index in [1.54, 1.807) is 0 Å². The van der Waals surface area contributed by atoms with Crippen molar-refractivity contribution in [3.8, 4) is 11.4 Å². The Kier molecular flexibility index (Phi) is 6.75. The van der Waals surface area contributed by atoms with Crippen LogP contribution >= 0.6 is 11.8 Å². The van der Waals surface area contributed by atoms with E-state index in [-0.39, 0.29) is 11.9 Å². The molecule has 6 heteroatoms. The van der Waals surface area contributed by atoms with E-state index in [9.17, 15) is 4.79 Å². The van der Waals surface area contributed by atoms with Gasteiger partial charge in [-0.1, -0.05) is 53.7 Å². The highest BCUT2D eigenvalue weighted by molar-refractivity contribution is 7.99. The number of rotatable bonds is 7. The molecule has 3 rings (SSSR count). The van der Waals surface area contributed by atoms with Gasteiger partial charge in [0, 0.05) is 12.1 Å². The van der Waals surface area contributed by atoms with Gasteiger partial charge in [-0.15, -0.1) is 10.2 Å². The van der Waals surface area contributed by atoms with Crippen molar-refractivity contribution in [1.29, 1.82) is 0 Å². The number of hydrogen-bond donors (Lipinski definition) is 1. The Hall–Kier alpha value is -2.60. The van der Waals surface area contributed by atoms with E-state index in [4.69, 9.17) is 0 Å². The van der Waals surface area contributed by atoms with Gasteiger partial charge in [-0.05, 0) is 57.4 Å². The minimum atomic E-state index is -0.0331. The Balaban J connectivity index is 1.65. The Labute approximate surface area is 176 Å². The first-order valence-corrected chi connectivity index (χ1v) is 10.9. The van der Waals surface area contributed by atoms with Crippen LogP contribution in [0.25, 0.3) is 11.4 Å². The summed E-state index contributed by atoms with van der Waals surface area (Å²) in [6.45, 7) is 11.1. The zero-order valence-electron chi connectivity index (χ0n) is 17.7. The van der Waals surface area contributed by atoms with Gasteiger partial charge in [0.05, 0.1) is 11.8 Å². The summed E-state index contributed by atoms with van der Waals surface area (Å²) in [5.41, 5.74) is 5.83. The van der Waals surface area contributed by atoms with Crippen LogP contribution in [-0.2, 0) is 11.3 Å². The van der Waals surface area contributed by atoms with Crippen LogP contribution in [0.3, 0.4) is 0 Å². The number of nitrogens with one attached hydrogen (secondary N) is 1. The SMILES string of the molecule is CCn1c(SCC(=O)NC(C)c2ccc(C)c(C)c2)nnc1-c1cccc(C)c1. The zero-order chi connectivity index (χ0) is 21.0. The van der Waals surface area contributed by atoms with Gasteiger partial charge in [-0.3, -0.25) is 4.79 Å². The Morgan fingerprint density at radius 3 is 2.59 bits per heavy atom. The molecule has 3 aromatic rings. The molecule has 0 radical (unpaired) electrons. The molecule has 1 amide bonds. The Morgan fingerprint density at radius 2 is 1.90 bits per heavy atom. The monoisotopic (exact) mass is 408 g/mol. The molecule has 0 bridgehead atoms. The number of aryl methyl sites for hydroxylation is 3. The van der Waals surface area contributed by atoms with Crippen molar-refractivity contribution in [3.63, 3.8) is 0 Å². The van der Waals surface area contributed by atoms with Crippen LogP contribution in [0.2, 0.25) is 0 Å². The van der Waals surface area contributed by atoms with Crippen LogP contribution in [0.1, 0.15) is 42.1 Å². The molecule has 29 heavy (non-hydrogen) atoms. The molecule has 0 saturated carbocycles. The first-order chi connectivity index (χ1) is 13.9. The van der Waals surface area contributed by atoms with E-state index < -0.39 is 0 Å². The van der Waals surface area contributed by atoms with Crippen molar-refractivity contribution in [2.24, 2.45) is 0 Å². The van der Waals surface area contributed by atoms with Crippen LogP contribution in [0.4, 0.5) is 0 Å². The fraction of sp³-hybridized carbons (Fsp3) is 0.348. The average molecular weight is 409 g/mol. The Bertz CT molecular complexity index is 1010. The second-order valence-electron chi connectivity index (χ2n) is 7.34. The van der Waals surface area contributed by atoms with Crippen LogP contribution in [0.5, 0.6) is 0 Å². The molecular weight excluding hydrogens is 380 g/mol. The summed E-state index contributed by atoms with van der Waals surface area (Å²) in [6.07, 6.45) is 0. The van der Waals surface area contributed by atoms with E-state index in [1.807, 2.05) is 19.1 Å². The number of aromatic nitrogens is 3. The maximum absolute atomic E-state index is 12.5. The number of benzene rings is 2. The van der Waals surface area contributed by atoms with Gasteiger partial charge < -0.3 is 9.88 Å². The minimum absolute atomic E-state index is 0.0107. The molecule has 1 atom stereocenters. The predicted octanol–water partition coefficient (Wildman–Crippen LogP) is 4.86. The average Bonchev–Trinajstić information content (AvgIpc) is 3.11. The molecule has 0 fully saturated rings. The lowest BCUT2D eigenvalue weighted by molar-refractivity contribution is -0.119. The van der Waals surface area contributed by atoms with Crippen LogP contribution < -0.4 is 5.32 Å². The lowest BCUT2D eigenvalue weighted by Gasteiger charge is -2.15. The van der Waals surface area contributed by atoms with Gasteiger partial charge in [0.25, 0.3) is 0 Å². The molecule has 1 heterocycles. The molecule has 1 N–H and O–H groups in total. The molecule has 0 aliphatic rings. The fourth-order valence-electron chi connectivity index (χ4n) is 3.21. The van der Waals surface area contributed by atoms with E-state index >= 15 is 0 Å². The summed E-state index contributed by atoms with van der Waals surface area (Å²) in [4.78, 5) is 12.5. The predicted molar refractivity (Wildman–Crippen MR) is 119 cm³/mol. The molecular formula is C23H28N4OS. The van der Waals surface area contributed by atoms with Crippen LogP contribution in [0.15, 0.2) is 47.6 Å². The second kappa shape index (κ2) is 9.27. The maximum Gasteiger partial charge on any atom is 0.230 e. The highest BCUT2D eigenvalue weighted by atomic mass is 32.2. The zero-order valence-corrected chi connectivity index (χ0v) is 18.5. The van der Waals surface area contributed by atoms with E-state index in [0.29, 0.717) is 5.75 Å². The topological polar surface area (TPSA) is 59.8 Å². The molecule has 0 saturated heterocycles. The smallest absolute Gasteiger partial charge is 0.230 e. The highest BCUT2D eigenvalue weighted by Crippen LogP contribution is 2.25. The number of carbonyl (C=O) groups is 1. The van der Waals surface area contributed by atoms with Crippen LogP contribution in [-0.4, -0.2) is 26.4 Å². The van der Waals surface area contributed by atoms with Gasteiger partial charge in [0.15, 0.2) is 11.0 Å². The fourth-order valence-corrected chi connectivity index (χ4v) is 4.02. The van der Waals surface area contributed by atoms with Gasteiger partial charge in [-0.2, -0.15) is 0 Å². The second-order valence-corrected chi connectivity index (χ2v) is 8.28. The molecule has 0 spiro atoms. The van der Waals surface area contributed by atoms with Crippen molar-refractivity contribution >= 4 is 17.7 Å². The number of amides is 1. The third-order valence-electron chi connectivity index (χ3n) is 5.05. The summed E-state index contributed by atoms with van der Waals surface area (Å²) in [5.74, 6) is 1.13. The van der Waals surface area contributed by atoms with E-state index in [0.717, 1.165) is 28.7 Å². The number of nitrogens with zero attached hydrogens (tertiary/aromatic N) is 3. The highest BCUT2D eigenvalue weighted by Gasteiger charge is 2.16. The molecule has 152 valence electrons. The standard InChI is InChI=1S/C23H28N4OS/c1-6-27-22(20-9-7-8-15(2)12-20)25-26-23(27)29-14-21(28)24-18(5)19-11-10-16(3)17(4)13-19/h7-13,18H,6,14H2,1-5H3,(H,24,28). The van der Waals surface area contributed by atoms with Crippen molar-refractivity contribution in [1.82, 2.24) is 20.1 Å². The third kappa shape index (κ3) is 5.07. The number of hydrogen-bond acceptors (Lipinski definition) is 4. The van der Waals surface area contributed by atoms with Gasteiger partial charge in [-0.25, -0.2) is 0 Å². The largest absolute Gasteiger partial charge is 0.349 e. The normalized spacial score (nSPS) is 12.0. The number of carbonyl (C=O) groups excluding carboxylic acids is 1. The molecule has 1 unspecified atom stereocenters. The summed E-state index contributed by atoms with van der Waals surface area (Å²) >= 11 is 1.42. The van der Waals surface area contributed by atoms with Crippen molar-refractivity contribution in [2.45, 2.75) is 52.4 Å². The first-order valence-electron chi connectivity index (χ1n) is 9.88. The first kappa shape index (κ1) is 21.1. The maximum atomic E-state index is 12.5. The quantitative estimate of drug-likeness (QED) is 0.567. The number of thioether (sulfide) groups is 1. The van der Waals surface area contributed by atoms with E-state index in [2.05, 4.69) is 78.1 Å². The van der Waals surface area contributed by atoms with Crippen molar-refractivity contribution < 1.29 is 4.79 Å². The summed E-state index contributed by atoms with van der Waals surface area (Å²) in [6, 6.07) is 14.5. The van der Waals surface area contributed by atoms with Crippen molar-refractivity contribution in [3.05, 3.63) is 64.7 Å². The van der Waals surface area contributed by atoms with Crippen LogP contribution in [0, 0.1) is 20.8 Å². The molecule has 2 aromatic carbocycles. The summed E-state index contributed by atoms with van der Waals surface area (Å²) in [7, 11) is 0. The molecule has 0 aliphatic carbocycles. The lowest BCUT2D eigenvalue weighted by Crippen LogP contribution is -2.28. The molecule has 5 nitrogen and oxygen atoms in total. The van der Waals surface area contributed by atoms with E-state index in [1.165, 1.54) is 28.5 Å². The van der Waals surface area contributed by atoms with Crippen molar-refractivity contribution in [2.75, 3.05) is 5.75 Å². The minimum Gasteiger partial charge on any atom is -0.349 e. The summed E-state index contributed by atoms with van der Waals surface area (Å²) < 4.78 is 2.06. The lowest BCUT2D eigenvalue weighted by atomic mass is 10.0. The molecule has 0 aliphatic heterocycles. The Morgan fingerprint density at radius 1 is 1.10 bits per heavy atom. The summed E-state index contributed by atoms with van der Waals surface area (Å²) in [5, 5.41) is 12.5. The van der Waals surface area contributed by atoms with Gasteiger partial charge in [0.1, 0.15) is 0 Å². The van der Waals surface area contributed by atoms with Gasteiger partial charge in [0.2, 0.25) is 5.91 Å².